The third kappa shape index (κ3) is 2.75. The third-order valence-corrected chi connectivity index (χ3v) is 7.27. The molecule has 0 aliphatic carbocycles. The maximum absolute atomic E-state index is 12.6. The lowest BCUT2D eigenvalue weighted by Crippen LogP contribution is -2.44. The molecule has 0 saturated carbocycles. The lowest BCUT2D eigenvalue weighted by atomic mass is 10.4. The average Bonchev–Trinajstić information content (AvgIpc) is 2.79. The predicted octanol–water partition coefficient (Wildman–Crippen LogP) is 1.59. The number of nitrogens with one attached hydrogen (secondary N) is 1. The fourth-order valence-electron chi connectivity index (χ4n) is 2.04. The van der Waals surface area contributed by atoms with E-state index < -0.39 is 10.0 Å². The van der Waals surface area contributed by atoms with Crippen LogP contribution in [0.5, 0.6) is 0 Å². The largest absolute Gasteiger partial charge is 0.315 e. The van der Waals surface area contributed by atoms with Crippen LogP contribution in [-0.2, 0) is 16.6 Å². The highest BCUT2D eigenvalue weighted by atomic mass is 32.2. The van der Waals surface area contributed by atoms with Gasteiger partial charge in [0.15, 0.2) is 0 Å². The minimum absolute atomic E-state index is 0.0797. The quantitative estimate of drug-likeness (QED) is 0.918. The highest BCUT2D eigenvalue weighted by Gasteiger charge is 2.32. The Kier molecular flexibility index (Phi) is 4.71. The van der Waals surface area contributed by atoms with E-state index in [2.05, 4.69) is 5.32 Å². The van der Waals surface area contributed by atoms with E-state index in [0.717, 1.165) is 16.4 Å². The van der Waals surface area contributed by atoms with Gasteiger partial charge in [-0.2, -0.15) is 16.1 Å². The molecule has 7 heteroatoms. The summed E-state index contributed by atoms with van der Waals surface area (Å²) in [5.74, 6) is 1.76. The van der Waals surface area contributed by atoms with Gasteiger partial charge in [-0.15, -0.1) is 11.3 Å². The molecule has 0 radical (unpaired) electrons. The monoisotopic (exact) mass is 306 g/mol. The number of hydrogen-bond donors (Lipinski definition) is 1. The van der Waals surface area contributed by atoms with Crippen molar-refractivity contribution in [2.24, 2.45) is 0 Å². The molecule has 1 aliphatic heterocycles. The van der Waals surface area contributed by atoms with Crippen molar-refractivity contribution in [3.8, 4) is 0 Å². The van der Waals surface area contributed by atoms with Gasteiger partial charge >= 0.3 is 0 Å². The van der Waals surface area contributed by atoms with Crippen LogP contribution < -0.4 is 5.32 Å². The van der Waals surface area contributed by atoms with Crippen molar-refractivity contribution in [3.05, 3.63) is 16.3 Å². The molecule has 102 valence electrons. The van der Waals surface area contributed by atoms with Gasteiger partial charge in [-0.25, -0.2) is 8.42 Å². The van der Waals surface area contributed by atoms with Crippen molar-refractivity contribution < 1.29 is 8.42 Å². The highest BCUT2D eigenvalue weighted by Crippen LogP contribution is 2.29. The number of thioether (sulfide) groups is 1. The zero-order chi connectivity index (χ0) is 13.2. The molecule has 1 saturated heterocycles. The van der Waals surface area contributed by atoms with Crippen molar-refractivity contribution in [2.75, 3.05) is 25.1 Å². The Hall–Kier alpha value is -0.0800. The number of nitrogens with zero attached hydrogens (tertiary/aromatic N) is 1. The van der Waals surface area contributed by atoms with E-state index in [-0.39, 0.29) is 6.04 Å². The first-order chi connectivity index (χ1) is 8.57. The van der Waals surface area contributed by atoms with Crippen LogP contribution in [0.3, 0.4) is 0 Å². The Bertz CT molecular complexity index is 498. The summed E-state index contributed by atoms with van der Waals surface area (Å²) < 4.78 is 26.9. The number of hydrogen-bond acceptors (Lipinski definition) is 5. The first-order valence-electron chi connectivity index (χ1n) is 5.88. The molecule has 0 bridgehead atoms. The summed E-state index contributed by atoms with van der Waals surface area (Å²) in [6.45, 7) is 3.19. The summed E-state index contributed by atoms with van der Waals surface area (Å²) in [5.41, 5.74) is 0. The van der Waals surface area contributed by atoms with Gasteiger partial charge in [0.05, 0.1) is 4.90 Å². The predicted molar refractivity (Wildman–Crippen MR) is 77.8 cm³/mol. The number of rotatable bonds is 4. The highest BCUT2D eigenvalue weighted by molar-refractivity contribution is 7.99. The molecular weight excluding hydrogens is 288 g/mol. The second-order valence-electron chi connectivity index (χ2n) is 4.28. The lowest BCUT2D eigenvalue weighted by Gasteiger charge is -2.32. The summed E-state index contributed by atoms with van der Waals surface area (Å²) >= 11 is 3.31. The molecular formula is C11H18N2O2S3. The van der Waals surface area contributed by atoms with Gasteiger partial charge in [-0.05, 0) is 25.4 Å². The fourth-order valence-corrected chi connectivity index (χ4v) is 6.33. The van der Waals surface area contributed by atoms with Crippen LogP contribution in [0.4, 0.5) is 0 Å². The molecule has 1 aromatic heterocycles. The third-order valence-electron chi connectivity index (χ3n) is 2.94. The van der Waals surface area contributed by atoms with Crippen LogP contribution in [0.2, 0.25) is 0 Å². The molecule has 1 aliphatic rings. The van der Waals surface area contributed by atoms with Crippen LogP contribution in [0.1, 0.15) is 11.8 Å². The second kappa shape index (κ2) is 5.92. The normalized spacial score (nSPS) is 22.2. The Morgan fingerprint density at radius 1 is 1.56 bits per heavy atom. The van der Waals surface area contributed by atoms with Gasteiger partial charge in [0.2, 0.25) is 10.0 Å². The molecule has 0 spiro atoms. The van der Waals surface area contributed by atoms with Crippen molar-refractivity contribution in [3.63, 3.8) is 0 Å². The van der Waals surface area contributed by atoms with Crippen LogP contribution >= 0.6 is 23.1 Å². The summed E-state index contributed by atoms with van der Waals surface area (Å²) in [6, 6.07) is 1.80. The molecule has 2 heterocycles. The van der Waals surface area contributed by atoms with Crippen molar-refractivity contribution in [1.82, 2.24) is 9.62 Å². The van der Waals surface area contributed by atoms with E-state index >= 15 is 0 Å². The molecule has 1 N–H and O–H groups in total. The molecule has 18 heavy (non-hydrogen) atoms. The fraction of sp³-hybridized carbons (Fsp3) is 0.636. The summed E-state index contributed by atoms with van der Waals surface area (Å²) in [6.07, 6.45) is 0. The van der Waals surface area contributed by atoms with Gasteiger partial charge in [0, 0.05) is 35.5 Å². The Morgan fingerprint density at radius 3 is 3.00 bits per heavy atom. The number of thiophene rings is 1. The Morgan fingerprint density at radius 2 is 2.33 bits per heavy atom. The minimum atomic E-state index is -3.33. The van der Waals surface area contributed by atoms with Crippen LogP contribution in [0, 0.1) is 0 Å². The van der Waals surface area contributed by atoms with Gasteiger partial charge in [0.1, 0.15) is 0 Å². The first kappa shape index (κ1) is 14.3. The molecule has 0 amide bonds. The molecule has 2 rings (SSSR count). The molecule has 0 aromatic carbocycles. The summed E-state index contributed by atoms with van der Waals surface area (Å²) in [5, 5.41) is 4.87. The molecule has 1 unspecified atom stereocenters. The topological polar surface area (TPSA) is 49.4 Å². The first-order valence-corrected chi connectivity index (χ1v) is 9.35. The second-order valence-corrected chi connectivity index (χ2v) is 8.29. The van der Waals surface area contributed by atoms with Crippen LogP contribution in [-0.4, -0.2) is 43.9 Å². The van der Waals surface area contributed by atoms with E-state index in [9.17, 15) is 8.42 Å². The zero-order valence-electron chi connectivity index (χ0n) is 10.5. The van der Waals surface area contributed by atoms with E-state index in [1.807, 2.05) is 31.1 Å². The van der Waals surface area contributed by atoms with Crippen molar-refractivity contribution in [2.45, 2.75) is 24.4 Å². The minimum Gasteiger partial charge on any atom is -0.315 e. The molecule has 1 atom stereocenters. The Balaban J connectivity index is 2.32. The van der Waals surface area contributed by atoms with Crippen molar-refractivity contribution in [1.29, 1.82) is 0 Å². The van der Waals surface area contributed by atoms with E-state index in [1.165, 1.54) is 11.3 Å². The molecule has 1 aromatic rings. The average molecular weight is 306 g/mol. The lowest BCUT2D eigenvalue weighted by molar-refractivity contribution is 0.367. The SMILES string of the molecule is CNCc1sccc1S(=O)(=O)N1CCSCC1C. The van der Waals surface area contributed by atoms with Crippen LogP contribution in [0.25, 0.3) is 0 Å². The van der Waals surface area contributed by atoms with E-state index in [0.29, 0.717) is 18.0 Å². The Labute approximate surface area is 117 Å². The maximum atomic E-state index is 12.6. The van der Waals surface area contributed by atoms with Crippen molar-refractivity contribution >= 4 is 33.1 Å². The number of sulfonamides is 1. The van der Waals surface area contributed by atoms with Gasteiger partial charge < -0.3 is 5.32 Å². The van der Waals surface area contributed by atoms with Crippen LogP contribution in [0.15, 0.2) is 16.3 Å². The standard InChI is InChI=1S/C11H18N2O2S3/c1-9-8-16-6-4-13(9)18(14,15)11-3-5-17-10(11)7-12-2/h3,5,9,12H,4,6-8H2,1-2H3. The van der Waals surface area contributed by atoms with Gasteiger partial charge in [-0.1, -0.05) is 0 Å². The summed E-state index contributed by atoms with van der Waals surface area (Å²) in [7, 11) is -1.50. The van der Waals surface area contributed by atoms with Gasteiger partial charge in [-0.3, -0.25) is 0 Å². The molecule has 4 nitrogen and oxygen atoms in total. The van der Waals surface area contributed by atoms with E-state index in [4.69, 9.17) is 0 Å². The smallest absolute Gasteiger partial charge is 0.244 e. The summed E-state index contributed by atoms with van der Waals surface area (Å²) in [4.78, 5) is 1.36. The zero-order valence-corrected chi connectivity index (χ0v) is 13.0. The molecule has 1 fully saturated rings. The maximum Gasteiger partial charge on any atom is 0.244 e. The van der Waals surface area contributed by atoms with Gasteiger partial charge in [0.25, 0.3) is 0 Å². The van der Waals surface area contributed by atoms with E-state index in [1.54, 1.807) is 10.4 Å².